The molecule has 0 saturated heterocycles. The first-order valence-corrected chi connectivity index (χ1v) is 9.23. The van der Waals surface area contributed by atoms with Crippen LogP contribution in [0.25, 0.3) is 0 Å². The normalized spacial score (nSPS) is 17.7. The van der Waals surface area contributed by atoms with E-state index in [0.717, 1.165) is 12.8 Å². The van der Waals surface area contributed by atoms with Crippen molar-refractivity contribution in [3.63, 3.8) is 0 Å². The second-order valence-electron chi connectivity index (χ2n) is 6.56. The molecule has 1 rings (SSSR count). The van der Waals surface area contributed by atoms with E-state index < -0.39 is 18.0 Å². The Labute approximate surface area is 140 Å². The number of carboxylic acids is 1. The molecule has 0 saturated carbocycles. The molecule has 1 N–H and O–H groups in total. The molecule has 0 aromatic carbocycles. The van der Waals surface area contributed by atoms with Crippen molar-refractivity contribution < 1.29 is 19.4 Å². The van der Waals surface area contributed by atoms with Gasteiger partial charge in [0.15, 0.2) is 0 Å². The number of hydrogen-bond donors (Lipinski definition) is 1. The maximum atomic E-state index is 11.5. The number of esters is 1. The molecule has 0 bridgehead atoms. The van der Waals surface area contributed by atoms with Crippen molar-refractivity contribution in [1.29, 1.82) is 0 Å². The Morgan fingerprint density at radius 1 is 0.957 bits per heavy atom. The van der Waals surface area contributed by atoms with Crippen LogP contribution in [-0.4, -0.2) is 23.1 Å². The smallest absolute Gasteiger partial charge is 0.335 e. The fraction of sp³-hybridized carbons (Fsp3) is 0.789. The van der Waals surface area contributed by atoms with Crippen molar-refractivity contribution >= 4 is 11.9 Å². The second kappa shape index (κ2) is 11.3. The van der Waals surface area contributed by atoms with Crippen LogP contribution in [0.5, 0.6) is 0 Å². The quantitative estimate of drug-likeness (QED) is 0.382. The molecule has 0 amide bonds. The largest absolute Gasteiger partial charge is 0.478 e. The van der Waals surface area contributed by atoms with Gasteiger partial charge < -0.3 is 9.84 Å². The predicted molar refractivity (Wildman–Crippen MR) is 91.3 cm³/mol. The van der Waals surface area contributed by atoms with Crippen LogP contribution in [-0.2, 0) is 14.3 Å². The first-order chi connectivity index (χ1) is 11.1. The predicted octanol–water partition coefficient (Wildman–Crippen LogP) is 5.01. The van der Waals surface area contributed by atoms with E-state index in [4.69, 9.17) is 9.84 Å². The fourth-order valence-electron chi connectivity index (χ4n) is 3.12. The second-order valence-corrected chi connectivity index (χ2v) is 6.56. The van der Waals surface area contributed by atoms with E-state index in [2.05, 4.69) is 6.92 Å². The Morgan fingerprint density at radius 3 is 1.91 bits per heavy atom. The van der Waals surface area contributed by atoms with Gasteiger partial charge in [-0.25, -0.2) is 9.59 Å². The molecule has 1 atom stereocenters. The lowest BCUT2D eigenvalue weighted by Gasteiger charge is -2.11. The summed E-state index contributed by atoms with van der Waals surface area (Å²) in [5.74, 6) is -1.50. The molecule has 0 aromatic heterocycles. The van der Waals surface area contributed by atoms with Gasteiger partial charge in [-0.05, 0) is 19.8 Å². The molecule has 0 radical (unpaired) electrons. The zero-order valence-electron chi connectivity index (χ0n) is 14.7. The molecule has 0 spiro atoms. The number of carbonyl (C=O) groups excluding carboxylic acids is 1. The number of carboxylic acid groups (broad SMARTS) is 1. The van der Waals surface area contributed by atoms with Crippen molar-refractivity contribution in [3.05, 3.63) is 11.1 Å². The summed E-state index contributed by atoms with van der Waals surface area (Å²) in [4.78, 5) is 22.6. The van der Waals surface area contributed by atoms with Crippen LogP contribution < -0.4 is 0 Å². The minimum absolute atomic E-state index is 0.155. The van der Waals surface area contributed by atoms with Crippen molar-refractivity contribution in [1.82, 2.24) is 0 Å². The van der Waals surface area contributed by atoms with Gasteiger partial charge in [-0.15, -0.1) is 0 Å². The van der Waals surface area contributed by atoms with E-state index in [1.54, 1.807) is 0 Å². The van der Waals surface area contributed by atoms with Gasteiger partial charge in [0.2, 0.25) is 0 Å². The monoisotopic (exact) mass is 324 g/mol. The summed E-state index contributed by atoms with van der Waals surface area (Å²) in [6.07, 6.45) is 13.9. The third-order valence-corrected chi connectivity index (χ3v) is 4.58. The number of ether oxygens (including phenoxy) is 1. The van der Waals surface area contributed by atoms with Crippen LogP contribution in [0.3, 0.4) is 0 Å². The number of hydrogen-bond acceptors (Lipinski definition) is 3. The summed E-state index contributed by atoms with van der Waals surface area (Å²) in [5.41, 5.74) is 0.410. The summed E-state index contributed by atoms with van der Waals surface area (Å²) in [5, 5.41) is 9.16. The van der Waals surface area contributed by atoms with Gasteiger partial charge in [0, 0.05) is 5.57 Å². The molecule has 0 fully saturated rings. The Balaban J connectivity index is 2.03. The van der Waals surface area contributed by atoms with Gasteiger partial charge in [0.05, 0.1) is 5.57 Å². The molecule has 0 aliphatic carbocycles. The minimum atomic E-state index is -1.03. The van der Waals surface area contributed by atoms with Crippen LogP contribution in [0.4, 0.5) is 0 Å². The van der Waals surface area contributed by atoms with Gasteiger partial charge in [0.25, 0.3) is 0 Å². The van der Waals surface area contributed by atoms with E-state index in [9.17, 15) is 9.59 Å². The maximum Gasteiger partial charge on any atom is 0.335 e. The van der Waals surface area contributed by atoms with Gasteiger partial charge in [-0.3, -0.25) is 0 Å². The summed E-state index contributed by atoms with van der Waals surface area (Å²) in [7, 11) is 0. The zero-order chi connectivity index (χ0) is 17.1. The average Bonchev–Trinajstić information content (AvgIpc) is 2.79. The van der Waals surface area contributed by atoms with E-state index >= 15 is 0 Å². The summed E-state index contributed by atoms with van der Waals surface area (Å²) in [6.45, 7) is 3.77. The molecular weight excluding hydrogens is 292 g/mol. The van der Waals surface area contributed by atoms with E-state index in [-0.39, 0.29) is 11.1 Å². The fourth-order valence-corrected chi connectivity index (χ4v) is 3.12. The Hall–Kier alpha value is -1.32. The summed E-state index contributed by atoms with van der Waals surface area (Å²) in [6, 6.07) is 0. The van der Waals surface area contributed by atoms with Crippen LogP contribution in [0, 0.1) is 0 Å². The van der Waals surface area contributed by atoms with Crippen molar-refractivity contribution in [3.8, 4) is 0 Å². The third-order valence-electron chi connectivity index (χ3n) is 4.58. The molecule has 1 heterocycles. The van der Waals surface area contributed by atoms with Gasteiger partial charge in [-0.1, -0.05) is 71.1 Å². The summed E-state index contributed by atoms with van der Waals surface area (Å²) < 4.78 is 5.15. The Morgan fingerprint density at radius 2 is 1.43 bits per heavy atom. The lowest BCUT2D eigenvalue weighted by Crippen LogP contribution is -2.17. The highest BCUT2D eigenvalue weighted by molar-refractivity contribution is 6.03. The number of carbonyl (C=O) groups is 2. The van der Waals surface area contributed by atoms with E-state index in [1.807, 2.05) is 0 Å². The van der Waals surface area contributed by atoms with Crippen molar-refractivity contribution in [2.24, 2.45) is 0 Å². The molecule has 23 heavy (non-hydrogen) atoms. The molecule has 1 aliphatic heterocycles. The highest BCUT2D eigenvalue weighted by Crippen LogP contribution is 2.26. The van der Waals surface area contributed by atoms with Crippen LogP contribution in [0.1, 0.15) is 90.9 Å². The number of cyclic esters (lactones) is 1. The highest BCUT2D eigenvalue weighted by Gasteiger charge is 2.35. The first-order valence-electron chi connectivity index (χ1n) is 9.23. The molecule has 1 unspecified atom stereocenters. The van der Waals surface area contributed by atoms with Crippen LogP contribution in [0.2, 0.25) is 0 Å². The highest BCUT2D eigenvalue weighted by atomic mass is 16.5. The molecule has 4 heteroatoms. The van der Waals surface area contributed by atoms with Crippen LogP contribution in [0.15, 0.2) is 11.1 Å². The SMILES string of the molecule is CCCCCCCCCCCCCC1OC(=O)C(C)=C1C(=O)O. The van der Waals surface area contributed by atoms with E-state index in [1.165, 1.54) is 64.7 Å². The summed E-state index contributed by atoms with van der Waals surface area (Å²) >= 11 is 0. The van der Waals surface area contributed by atoms with Gasteiger partial charge in [-0.2, -0.15) is 0 Å². The van der Waals surface area contributed by atoms with E-state index in [0.29, 0.717) is 6.42 Å². The zero-order valence-corrected chi connectivity index (χ0v) is 14.7. The molecule has 0 aromatic rings. The topological polar surface area (TPSA) is 63.6 Å². The molecule has 132 valence electrons. The average molecular weight is 324 g/mol. The lowest BCUT2D eigenvalue weighted by atomic mass is 10.00. The molecule has 4 nitrogen and oxygen atoms in total. The van der Waals surface area contributed by atoms with Gasteiger partial charge >= 0.3 is 11.9 Å². The van der Waals surface area contributed by atoms with Crippen molar-refractivity contribution in [2.45, 2.75) is 97.0 Å². The third kappa shape index (κ3) is 7.19. The number of aliphatic carboxylic acids is 1. The van der Waals surface area contributed by atoms with Gasteiger partial charge in [0.1, 0.15) is 6.10 Å². The Kier molecular flexibility index (Phi) is 9.65. The molecule has 1 aliphatic rings. The number of rotatable bonds is 13. The Bertz CT molecular complexity index is 412. The lowest BCUT2D eigenvalue weighted by molar-refractivity contribution is -0.140. The van der Waals surface area contributed by atoms with Crippen LogP contribution >= 0.6 is 0 Å². The first kappa shape index (κ1) is 19.7. The van der Waals surface area contributed by atoms with Crippen molar-refractivity contribution in [2.75, 3.05) is 0 Å². The maximum absolute atomic E-state index is 11.5. The molecular formula is C19H32O4. The standard InChI is InChI=1S/C19H32O4/c1-3-4-5-6-7-8-9-10-11-12-13-14-16-17(18(20)21)15(2)19(22)23-16/h16H,3-14H2,1-2H3,(H,20,21). The minimum Gasteiger partial charge on any atom is -0.478 e. The number of unbranched alkanes of at least 4 members (excludes halogenated alkanes) is 10.